The van der Waals surface area contributed by atoms with Crippen LogP contribution in [-0.2, 0) is 17.9 Å². The number of carbonyl (C=O) groups is 1. The fourth-order valence-electron chi connectivity index (χ4n) is 2.87. The number of hydrogen-bond acceptors (Lipinski definition) is 7. The van der Waals surface area contributed by atoms with Crippen molar-refractivity contribution < 1.29 is 14.3 Å². The number of benzene rings is 1. The van der Waals surface area contributed by atoms with Crippen LogP contribution in [0.25, 0.3) is 11.0 Å². The number of carbonyl (C=O) groups excluding carboxylic acids is 1. The second-order valence-electron chi connectivity index (χ2n) is 5.99. The van der Waals surface area contributed by atoms with E-state index in [9.17, 15) is 14.4 Å². The van der Waals surface area contributed by atoms with Gasteiger partial charge in [0, 0.05) is 23.7 Å². The molecular weight excluding hydrogens is 384 g/mol. The highest BCUT2D eigenvalue weighted by atomic mass is 32.1. The summed E-state index contributed by atoms with van der Waals surface area (Å²) in [5, 5.41) is 4.32. The van der Waals surface area contributed by atoms with Crippen molar-refractivity contribution in [3.8, 4) is 11.5 Å². The Hall–Kier alpha value is -3.14. The van der Waals surface area contributed by atoms with Crippen LogP contribution >= 0.6 is 11.5 Å². The molecule has 2 aromatic heterocycles. The van der Waals surface area contributed by atoms with Crippen LogP contribution in [0.5, 0.6) is 11.5 Å². The van der Waals surface area contributed by atoms with Gasteiger partial charge < -0.3 is 14.8 Å². The van der Waals surface area contributed by atoms with Gasteiger partial charge in [0.2, 0.25) is 5.91 Å². The molecule has 0 aliphatic rings. The highest BCUT2D eigenvalue weighted by Crippen LogP contribution is 2.29. The Bertz CT molecular complexity index is 1130. The molecule has 0 aliphatic carbocycles. The van der Waals surface area contributed by atoms with E-state index in [0.29, 0.717) is 29.1 Å². The summed E-state index contributed by atoms with van der Waals surface area (Å²) in [4.78, 5) is 37.7. The van der Waals surface area contributed by atoms with Crippen molar-refractivity contribution in [1.82, 2.24) is 13.5 Å². The van der Waals surface area contributed by atoms with Crippen molar-refractivity contribution in [3.63, 3.8) is 0 Å². The van der Waals surface area contributed by atoms with Crippen molar-refractivity contribution in [2.45, 2.75) is 26.4 Å². The van der Waals surface area contributed by atoms with Crippen molar-refractivity contribution in [2.75, 3.05) is 19.5 Å². The lowest BCUT2D eigenvalue weighted by Gasteiger charge is -2.13. The summed E-state index contributed by atoms with van der Waals surface area (Å²) in [5.41, 5.74) is 0.0886. The smallest absolute Gasteiger partial charge is 0.332 e. The molecule has 1 aromatic carbocycles. The predicted octanol–water partition coefficient (Wildman–Crippen LogP) is 1.69. The van der Waals surface area contributed by atoms with Crippen LogP contribution in [0.1, 0.15) is 13.3 Å². The Morgan fingerprint density at radius 3 is 2.61 bits per heavy atom. The van der Waals surface area contributed by atoms with Gasteiger partial charge in [-0.2, -0.15) is 4.37 Å². The monoisotopic (exact) mass is 404 g/mol. The number of fused-ring (bicyclic) bond motifs is 1. The number of hydrogen-bond donors (Lipinski definition) is 1. The van der Waals surface area contributed by atoms with E-state index >= 15 is 0 Å². The lowest BCUT2D eigenvalue weighted by molar-refractivity contribution is -0.116. The minimum atomic E-state index is -0.526. The first kappa shape index (κ1) is 19.6. The maximum Gasteiger partial charge on any atom is 0.332 e. The Balaban J connectivity index is 1.93. The van der Waals surface area contributed by atoms with Crippen molar-refractivity contribution in [1.29, 1.82) is 0 Å². The van der Waals surface area contributed by atoms with E-state index in [-0.39, 0.29) is 18.6 Å². The van der Waals surface area contributed by atoms with Crippen LogP contribution in [0.15, 0.2) is 33.2 Å². The lowest BCUT2D eigenvalue weighted by Crippen LogP contribution is -2.41. The first-order chi connectivity index (χ1) is 13.5. The van der Waals surface area contributed by atoms with Gasteiger partial charge in [-0.1, -0.05) is 6.92 Å². The fraction of sp³-hybridized carbons (Fsp3) is 0.333. The molecule has 3 aromatic rings. The molecule has 10 heteroatoms. The molecule has 0 bridgehead atoms. The second-order valence-corrected chi connectivity index (χ2v) is 6.62. The summed E-state index contributed by atoms with van der Waals surface area (Å²) in [6, 6.07) is 4.96. The molecule has 0 saturated heterocycles. The van der Waals surface area contributed by atoms with Crippen molar-refractivity contribution >= 4 is 34.2 Å². The maximum atomic E-state index is 12.7. The van der Waals surface area contributed by atoms with Gasteiger partial charge in [-0.05, 0) is 30.1 Å². The van der Waals surface area contributed by atoms with Gasteiger partial charge in [0.25, 0.3) is 5.56 Å². The number of nitrogens with one attached hydrogen (secondary N) is 1. The second kappa shape index (κ2) is 8.26. The number of methoxy groups -OCH3 is 2. The first-order valence-electron chi connectivity index (χ1n) is 8.59. The molecule has 1 N–H and O–H groups in total. The predicted molar refractivity (Wildman–Crippen MR) is 107 cm³/mol. The Labute approximate surface area is 164 Å². The first-order valence-corrected chi connectivity index (χ1v) is 9.43. The number of ether oxygens (including phenoxy) is 2. The zero-order valence-electron chi connectivity index (χ0n) is 15.7. The molecule has 2 heterocycles. The summed E-state index contributed by atoms with van der Waals surface area (Å²) in [6.45, 7) is 1.89. The normalized spacial score (nSPS) is 10.8. The fourth-order valence-corrected chi connectivity index (χ4v) is 3.54. The van der Waals surface area contributed by atoms with Gasteiger partial charge in [0.05, 0.1) is 19.7 Å². The SMILES string of the molecule is CCCn1c(=O)c2nscc2n(CC(=O)Nc2ccc(OC)c(OC)c2)c1=O. The number of aromatic nitrogens is 3. The summed E-state index contributed by atoms with van der Waals surface area (Å²) < 4.78 is 16.9. The molecule has 0 spiro atoms. The Kier molecular flexibility index (Phi) is 5.78. The molecule has 0 saturated carbocycles. The van der Waals surface area contributed by atoms with Crippen LogP contribution in [0.2, 0.25) is 0 Å². The molecule has 1 amide bonds. The summed E-state index contributed by atoms with van der Waals surface area (Å²) in [7, 11) is 3.02. The Morgan fingerprint density at radius 2 is 1.93 bits per heavy atom. The van der Waals surface area contributed by atoms with Gasteiger partial charge in [-0.25, -0.2) is 4.79 Å². The third kappa shape index (κ3) is 3.63. The molecule has 148 valence electrons. The van der Waals surface area contributed by atoms with Gasteiger partial charge >= 0.3 is 5.69 Å². The average molecular weight is 404 g/mol. The van der Waals surface area contributed by atoms with E-state index < -0.39 is 17.2 Å². The Morgan fingerprint density at radius 1 is 1.18 bits per heavy atom. The number of rotatable bonds is 7. The summed E-state index contributed by atoms with van der Waals surface area (Å²) >= 11 is 1.07. The molecule has 0 radical (unpaired) electrons. The average Bonchev–Trinajstić information content (AvgIpc) is 3.18. The lowest BCUT2D eigenvalue weighted by atomic mass is 10.2. The molecule has 28 heavy (non-hydrogen) atoms. The van der Waals surface area contributed by atoms with Crippen LogP contribution in [0, 0.1) is 0 Å². The topological polar surface area (TPSA) is 104 Å². The number of amides is 1. The highest BCUT2D eigenvalue weighted by molar-refractivity contribution is 7.04. The molecule has 0 atom stereocenters. The van der Waals surface area contributed by atoms with Crippen LogP contribution in [0.4, 0.5) is 5.69 Å². The van der Waals surface area contributed by atoms with Crippen LogP contribution in [0.3, 0.4) is 0 Å². The van der Waals surface area contributed by atoms with E-state index in [1.165, 1.54) is 18.8 Å². The zero-order valence-corrected chi connectivity index (χ0v) is 16.5. The van der Waals surface area contributed by atoms with Gasteiger partial charge in [0.15, 0.2) is 17.0 Å². The van der Waals surface area contributed by atoms with Gasteiger partial charge in [-0.3, -0.25) is 18.7 Å². The maximum absolute atomic E-state index is 12.7. The summed E-state index contributed by atoms with van der Waals surface area (Å²) in [5.74, 6) is 0.594. The minimum Gasteiger partial charge on any atom is -0.493 e. The standard InChI is InChI=1S/C18H20N4O5S/c1-4-7-21-17(24)16-12(10-28-20-16)22(18(21)25)9-15(23)19-11-5-6-13(26-2)14(8-11)27-3/h5-6,8,10H,4,7,9H2,1-3H3,(H,19,23). The van der Waals surface area contributed by atoms with Crippen molar-refractivity contribution in [2.24, 2.45) is 0 Å². The van der Waals surface area contributed by atoms with Gasteiger partial charge in [0.1, 0.15) is 6.54 Å². The molecular formula is C18H20N4O5S. The molecule has 0 aliphatic heterocycles. The van der Waals surface area contributed by atoms with Crippen LogP contribution in [-0.4, -0.2) is 33.6 Å². The zero-order chi connectivity index (χ0) is 20.3. The van der Waals surface area contributed by atoms with Gasteiger partial charge in [-0.15, -0.1) is 0 Å². The van der Waals surface area contributed by atoms with E-state index in [1.54, 1.807) is 23.6 Å². The third-order valence-corrected chi connectivity index (χ3v) is 4.78. The highest BCUT2D eigenvalue weighted by Gasteiger charge is 2.17. The van der Waals surface area contributed by atoms with E-state index in [4.69, 9.17) is 9.47 Å². The quantitative estimate of drug-likeness (QED) is 0.643. The van der Waals surface area contributed by atoms with E-state index in [2.05, 4.69) is 9.69 Å². The molecule has 9 nitrogen and oxygen atoms in total. The third-order valence-electron chi connectivity index (χ3n) is 4.17. The van der Waals surface area contributed by atoms with E-state index in [1.807, 2.05) is 6.92 Å². The molecule has 0 fully saturated rings. The van der Waals surface area contributed by atoms with Crippen LogP contribution < -0.4 is 26.0 Å². The molecule has 0 unspecified atom stereocenters. The van der Waals surface area contributed by atoms with E-state index in [0.717, 1.165) is 16.1 Å². The number of anilines is 1. The molecule has 3 rings (SSSR count). The van der Waals surface area contributed by atoms with Crippen molar-refractivity contribution in [3.05, 3.63) is 44.4 Å². The largest absolute Gasteiger partial charge is 0.493 e. The summed E-state index contributed by atoms with van der Waals surface area (Å²) in [6.07, 6.45) is 0.614. The number of nitrogens with zero attached hydrogens (tertiary/aromatic N) is 3. The minimum absolute atomic E-state index is 0.192.